The standard InChI is InChI=1S/C17H19FN2/c1-11-3-4-15(18)8-14(11)10-20-6-5-13-7-12(2)16(19)9-17(13)20/h3-4,7-9H,5-6,10,19H2,1-2H3. The highest BCUT2D eigenvalue weighted by Gasteiger charge is 2.20. The fraction of sp³-hybridized carbons (Fsp3) is 0.294. The molecule has 0 amide bonds. The number of anilines is 2. The summed E-state index contributed by atoms with van der Waals surface area (Å²) in [5.41, 5.74) is 12.7. The molecule has 104 valence electrons. The van der Waals surface area contributed by atoms with Crippen molar-refractivity contribution < 1.29 is 4.39 Å². The number of hydrogen-bond donors (Lipinski definition) is 1. The van der Waals surface area contributed by atoms with Crippen LogP contribution in [0.5, 0.6) is 0 Å². The highest BCUT2D eigenvalue weighted by atomic mass is 19.1. The summed E-state index contributed by atoms with van der Waals surface area (Å²) >= 11 is 0. The van der Waals surface area contributed by atoms with Crippen LogP contribution in [0.1, 0.15) is 22.3 Å². The first kappa shape index (κ1) is 13.0. The molecule has 1 aliphatic heterocycles. The molecule has 0 aliphatic carbocycles. The maximum Gasteiger partial charge on any atom is 0.123 e. The number of nitrogen functional groups attached to an aromatic ring is 1. The van der Waals surface area contributed by atoms with Gasteiger partial charge < -0.3 is 10.6 Å². The minimum absolute atomic E-state index is 0.173. The number of nitrogens with two attached hydrogens (primary N) is 1. The van der Waals surface area contributed by atoms with Gasteiger partial charge in [0, 0.05) is 24.5 Å². The second-order valence-electron chi connectivity index (χ2n) is 5.58. The second-order valence-corrected chi connectivity index (χ2v) is 5.58. The van der Waals surface area contributed by atoms with E-state index in [9.17, 15) is 4.39 Å². The van der Waals surface area contributed by atoms with Gasteiger partial charge in [-0.1, -0.05) is 12.1 Å². The fourth-order valence-corrected chi connectivity index (χ4v) is 2.82. The lowest BCUT2D eigenvalue weighted by Gasteiger charge is -2.21. The van der Waals surface area contributed by atoms with Crippen LogP contribution in [0.4, 0.5) is 15.8 Å². The van der Waals surface area contributed by atoms with Gasteiger partial charge in [-0.25, -0.2) is 4.39 Å². The molecular weight excluding hydrogens is 251 g/mol. The number of rotatable bonds is 2. The van der Waals surface area contributed by atoms with Crippen LogP contribution in [0.3, 0.4) is 0 Å². The summed E-state index contributed by atoms with van der Waals surface area (Å²) in [5.74, 6) is -0.173. The zero-order valence-corrected chi connectivity index (χ0v) is 11.9. The summed E-state index contributed by atoms with van der Waals surface area (Å²) in [6.45, 7) is 5.76. The Morgan fingerprint density at radius 1 is 1.15 bits per heavy atom. The van der Waals surface area contributed by atoms with Gasteiger partial charge in [0.15, 0.2) is 0 Å². The third-order valence-electron chi connectivity index (χ3n) is 4.13. The van der Waals surface area contributed by atoms with Gasteiger partial charge in [0.2, 0.25) is 0 Å². The molecule has 2 nitrogen and oxygen atoms in total. The van der Waals surface area contributed by atoms with Crippen LogP contribution in [0, 0.1) is 19.7 Å². The SMILES string of the molecule is Cc1cc2c(cc1N)N(Cc1cc(F)ccc1C)CC2. The van der Waals surface area contributed by atoms with Gasteiger partial charge in [-0.15, -0.1) is 0 Å². The molecule has 0 unspecified atom stereocenters. The maximum atomic E-state index is 13.4. The minimum atomic E-state index is -0.173. The summed E-state index contributed by atoms with van der Waals surface area (Å²) < 4.78 is 13.4. The monoisotopic (exact) mass is 270 g/mol. The lowest BCUT2D eigenvalue weighted by molar-refractivity contribution is 0.624. The van der Waals surface area contributed by atoms with Gasteiger partial charge in [-0.3, -0.25) is 0 Å². The Morgan fingerprint density at radius 2 is 1.95 bits per heavy atom. The highest BCUT2D eigenvalue weighted by molar-refractivity contribution is 5.67. The zero-order chi connectivity index (χ0) is 14.3. The normalized spacial score (nSPS) is 13.7. The first-order chi connectivity index (χ1) is 9.54. The molecule has 20 heavy (non-hydrogen) atoms. The minimum Gasteiger partial charge on any atom is -0.398 e. The van der Waals surface area contributed by atoms with Crippen LogP contribution in [0.15, 0.2) is 30.3 Å². The number of nitrogens with zero attached hydrogens (tertiary/aromatic N) is 1. The van der Waals surface area contributed by atoms with Crippen molar-refractivity contribution in [2.24, 2.45) is 0 Å². The largest absolute Gasteiger partial charge is 0.398 e. The number of fused-ring (bicyclic) bond motifs is 1. The molecule has 2 aromatic carbocycles. The van der Waals surface area contributed by atoms with Crippen LogP contribution in [-0.4, -0.2) is 6.54 Å². The quantitative estimate of drug-likeness (QED) is 0.845. The van der Waals surface area contributed by atoms with E-state index in [0.717, 1.165) is 41.9 Å². The Morgan fingerprint density at radius 3 is 2.75 bits per heavy atom. The third kappa shape index (κ3) is 2.24. The molecule has 1 aliphatic rings. The predicted octanol–water partition coefficient (Wildman–Crippen LogP) is 3.59. The Balaban J connectivity index is 1.92. The van der Waals surface area contributed by atoms with Crippen LogP contribution in [0.25, 0.3) is 0 Å². The lowest BCUT2D eigenvalue weighted by atomic mass is 10.1. The zero-order valence-electron chi connectivity index (χ0n) is 11.9. The second kappa shape index (κ2) is 4.82. The molecule has 0 radical (unpaired) electrons. The van der Waals surface area contributed by atoms with E-state index in [2.05, 4.69) is 11.0 Å². The van der Waals surface area contributed by atoms with E-state index in [0.29, 0.717) is 0 Å². The van der Waals surface area contributed by atoms with Crippen molar-refractivity contribution >= 4 is 11.4 Å². The molecule has 0 fully saturated rings. The first-order valence-corrected chi connectivity index (χ1v) is 6.93. The lowest BCUT2D eigenvalue weighted by Crippen LogP contribution is -2.20. The van der Waals surface area contributed by atoms with Crippen molar-refractivity contribution in [2.75, 3.05) is 17.2 Å². The van der Waals surface area contributed by atoms with Crippen molar-refractivity contribution in [1.29, 1.82) is 0 Å². The molecule has 0 atom stereocenters. The van der Waals surface area contributed by atoms with Gasteiger partial charge in [-0.2, -0.15) is 0 Å². The van der Waals surface area contributed by atoms with Crippen LogP contribution >= 0.6 is 0 Å². The van der Waals surface area contributed by atoms with Gasteiger partial charge in [0.05, 0.1) is 0 Å². The Kier molecular flexibility index (Phi) is 3.13. The maximum absolute atomic E-state index is 13.4. The van der Waals surface area contributed by atoms with E-state index < -0.39 is 0 Å². The Bertz CT molecular complexity index is 664. The smallest absolute Gasteiger partial charge is 0.123 e. The van der Waals surface area contributed by atoms with Crippen molar-refractivity contribution in [1.82, 2.24) is 0 Å². The highest BCUT2D eigenvalue weighted by Crippen LogP contribution is 2.33. The number of aryl methyl sites for hydroxylation is 2. The van der Waals surface area contributed by atoms with E-state index in [-0.39, 0.29) is 5.82 Å². The molecule has 3 rings (SSSR count). The van der Waals surface area contributed by atoms with E-state index in [4.69, 9.17) is 5.73 Å². The predicted molar refractivity (Wildman–Crippen MR) is 81.5 cm³/mol. The van der Waals surface area contributed by atoms with Crippen LogP contribution in [0.2, 0.25) is 0 Å². The van der Waals surface area contributed by atoms with Crippen molar-refractivity contribution in [2.45, 2.75) is 26.8 Å². The van der Waals surface area contributed by atoms with Gasteiger partial charge in [0.25, 0.3) is 0 Å². The summed E-state index contributed by atoms with van der Waals surface area (Å²) in [6.07, 6.45) is 1.03. The van der Waals surface area contributed by atoms with Crippen molar-refractivity contribution in [3.05, 3.63) is 58.4 Å². The summed E-state index contributed by atoms with van der Waals surface area (Å²) in [4.78, 5) is 2.28. The first-order valence-electron chi connectivity index (χ1n) is 6.93. The topological polar surface area (TPSA) is 29.3 Å². The average Bonchev–Trinajstić information content (AvgIpc) is 2.77. The molecule has 2 aromatic rings. The molecule has 0 saturated carbocycles. The molecule has 1 heterocycles. The van der Waals surface area contributed by atoms with E-state index in [1.54, 1.807) is 6.07 Å². The molecule has 0 spiro atoms. The Hall–Kier alpha value is -2.03. The summed E-state index contributed by atoms with van der Waals surface area (Å²) in [5, 5.41) is 0. The average molecular weight is 270 g/mol. The molecule has 0 saturated heterocycles. The fourth-order valence-electron chi connectivity index (χ4n) is 2.82. The van der Waals surface area contributed by atoms with E-state index in [1.165, 1.54) is 17.3 Å². The summed E-state index contributed by atoms with van der Waals surface area (Å²) in [7, 11) is 0. The molecule has 2 N–H and O–H groups in total. The third-order valence-corrected chi connectivity index (χ3v) is 4.13. The molecule has 0 bridgehead atoms. The van der Waals surface area contributed by atoms with Gasteiger partial charge >= 0.3 is 0 Å². The van der Waals surface area contributed by atoms with Crippen molar-refractivity contribution in [3.8, 4) is 0 Å². The van der Waals surface area contributed by atoms with Crippen molar-refractivity contribution in [3.63, 3.8) is 0 Å². The summed E-state index contributed by atoms with van der Waals surface area (Å²) in [6, 6.07) is 9.20. The molecule has 0 aromatic heterocycles. The molecular formula is C17H19FN2. The van der Waals surface area contributed by atoms with Crippen LogP contribution in [-0.2, 0) is 13.0 Å². The van der Waals surface area contributed by atoms with E-state index in [1.807, 2.05) is 26.0 Å². The van der Waals surface area contributed by atoms with Gasteiger partial charge in [0.1, 0.15) is 5.82 Å². The number of hydrogen-bond acceptors (Lipinski definition) is 2. The number of halogens is 1. The van der Waals surface area contributed by atoms with Crippen LogP contribution < -0.4 is 10.6 Å². The van der Waals surface area contributed by atoms with Gasteiger partial charge in [-0.05, 0) is 60.7 Å². The van der Waals surface area contributed by atoms with E-state index >= 15 is 0 Å². The number of benzene rings is 2. The Labute approximate surface area is 119 Å². The molecule has 3 heteroatoms.